The molecule has 0 saturated carbocycles. The van der Waals surface area contributed by atoms with Crippen LogP contribution >= 0.6 is 0 Å². The van der Waals surface area contributed by atoms with Gasteiger partial charge in [0.1, 0.15) is 6.54 Å². The lowest BCUT2D eigenvalue weighted by molar-refractivity contribution is -0.140. The van der Waals surface area contributed by atoms with Crippen molar-refractivity contribution in [2.45, 2.75) is 57.8 Å². The van der Waals surface area contributed by atoms with E-state index in [4.69, 9.17) is 0 Å². The summed E-state index contributed by atoms with van der Waals surface area (Å²) >= 11 is 0. The van der Waals surface area contributed by atoms with Gasteiger partial charge in [-0.1, -0.05) is 18.1 Å². The normalized spacial score (nSPS) is 14.7. The monoisotopic (exact) mass is 578 g/mol. The van der Waals surface area contributed by atoms with E-state index in [9.17, 15) is 23.2 Å². The number of halogens is 3. The van der Waals surface area contributed by atoms with E-state index in [1.807, 2.05) is 6.07 Å². The molecule has 0 spiro atoms. The number of pyridine rings is 1. The molecule has 1 amide bonds. The first-order valence-corrected chi connectivity index (χ1v) is 14.1. The number of anilines is 1. The van der Waals surface area contributed by atoms with Crippen LogP contribution in [0.4, 0.5) is 18.9 Å². The lowest BCUT2D eigenvalue weighted by Gasteiger charge is -2.32. The Labute approximate surface area is 245 Å². The molecule has 1 aromatic carbocycles. The van der Waals surface area contributed by atoms with Crippen molar-refractivity contribution < 1.29 is 18.0 Å². The summed E-state index contributed by atoms with van der Waals surface area (Å²) in [4.78, 5) is 20.4. The van der Waals surface area contributed by atoms with Crippen LogP contribution in [0.25, 0.3) is 10.9 Å². The molecule has 3 heterocycles. The van der Waals surface area contributed by atoms with Crippen LogP contribution in [0.1, 0.15) is 50.1 Å². The molecular weight excluding hydrogens is 541 g/mol. The molecule has 42 heavy (non-hydrogen) atoms. The Balaban J connectivity index is 1.48. The number of rotatable bonds is 8. The van der Waals surface area contributed by atoms with Crippen molar-refractivity contribution in [3.8, 4) is 17.9 Å². The zero-order valence-electron chi connectivity index (χ0n) is 24.6. The van der Waals surface area contributed by atoms with Crippen LogP contribution < -0.4 is 5.32 Å². The molecule has 222 valence electrons. The molecule has 0 unspecified atom stereocenters. The number of nitrogens with one attached hydrogen (secondary N) is 1. The summed E-state index contributed by atoms with van der Waals surface area (Å²) in [6.45, 7) is 4.98. The zero-order chi connectivity index (χ0) is 30.5. The van der Waals surface area contributed by atoms with Gasteiger partial charge in [0.2, 0.25) is 5.91 Å². The number of carbonyl (C=O) groups is 1. The second-order valence-electron chi connectivity index (χ2n) is 11.6. The number of likely N-dealkylation sites (tertiary alicyclic amines) is 1. The third kappa shape index (κ3) is 7.83. The fourth-order valence-corrected chi connectivity index (χ4v) is 5.16. The zero-order valence-corrected chi connectivity index (χ0v) is 24.6. The van der Waals surface area contributed by atoms with Crippen LogP contribution in [-0.4, -0.2) is 65.2 Å². The molecule has 0 aliphatic carbocycles. The van der Waals surface area contributed by atoms with E-state index < -0.39 is 18.1 Å². The molecule has 2 aromatic heterocycles. The van der Waals surface area contributed by atoms with Crippen LogP contribution in [0.2, 0.25) is 0 Å². The number of hydrogen-bond acceptors (Lipinski definition) is 5. The molecule has 1 saturated heterocycles. The molecule has 0 radical (unpaired) electrons. The van der Waals surface area contributed by atoms with Gasteiger partial charge in [-0.2, -0.15) is 18.4 Å². The largest absolute Gasteiger partial charge is 0.406 e. The highest BCUT2D eigenvalue weighted by atomic mass is 19.4. The highest BCUT2D eigenvalue weighted by Gasteiger charge is 2.30. The molecule has 7 nitrogen and oxygen atoms in total. The highest BCUT2D eigenvalue weighted by molar-refractivity contribution is 5.86. The van der Waals surface area contributed by atoms with E-state index >= 15 is 0 Å². The third-order valence-corrected chi connectivity index (χ3v) is 7.72. The number of amides is 1. The van der Waals surface area contributed by atoms with Crippen molar-refractivity contribution in [2.24, 2.45) is 5.92 Å². The number of benzene rings is 1. The molecule has 0 bridgehead atoms. The minimum absolute atomic E-state index is 0.141. The summed E-state index contributed by atoms with van der Waals surface area (Å²) in [6.07, 6.45) is -0.390. The first-order chi connectivity index (χ1) is 19.9. The topological polar surface area (TPSA) is 77.2 Å². The standard InChI is InChI=1S/C32H37F3N6O/c1-31(2,21-36)29-11-10-25(19-38-29)37-14-6-8-26-18-27-24(7-5-9-28(27)41(26)22-32(33,34)35)20-40-15-12-23(13-16-40)17-30(42)39(3)4/h5,7,9-11,18-19,23,37H,12-17,20,22H2,1-4H3. The van der Waals surface area contributed by atoms with Gasteiger partial charge in [0.15, 0.2) is 0 Å². The first kappa shape index (κ1) is 30.9. The number of fused-ring (bicyclic) bond motifs is 1. The second kappa shape index (κ2) is 12.9. The number of aromatic nitrogens is 2. The lowest BCUT2D eigenvalue weighted by Crippen LogP contribution is -2.35. The number of hydrogen-bond donors (Lipinski definition) is 1. The average molecular weight is 579 g/mol. The Kier molecular flexibility index (Phi) is 9.48. The van der Waals surface area contributed by atoms with E-state index in [1.165, 1.54) is 4.57 Å². The fraction of sp³-hybridized carbons (Fsp3) is 0.469. The Morgan fingerprint density at radius 1 is 1.17 bits per heavy atom. The van der Waals surface area contributed by atoms with Gasteiger partial charge in [-0.15, -0.1) is 0 Å². The van der Waals surface area contributed by atoms with Crippen molar-refractivity contribution in [1.82, 2.24) is 19.4 Å². The molecule has 1 aliphatic rings. The van der Waals surface area contributed by atoms with Gasteiger partial charge in [-0.25, -0.2) is 0 Å². The lowest BCUT2D eigenvalue weighted by atomic mass is 9.91. The maximum atomic E-state index is 13.6. The van der Waals surface area contributed by atoms with Crippen molar-refractivity contribution in [3.05, 3.63) is 59.5 Å². The summed E-state index contributed by atoms with van der Waals surface area (Å²) < 4.78 is 42.0. The smallest absolute Gasteiger partial charge is 0.373 e. The number of piperidine rings is 1. The number of nitrogens with zero attached hydrogens (tertiary/aromatic N) is 5. The molecule has 4 rings (SSSR count). The fourth-order valence-electron chi connectivity index (χ4n) is 5.16. The summed E-state index contributed by atoms with van der Waals surface area (Å²) in [6, 6.07) is 13.0. The van der Waals surface area contributed by atoms with Crippen molar-refractivity contribution >= 4 is 22.5 Å². The van der Waals surface area contributed by atoms with E-state index in [-0.39, 0.29) is 12.5 Å². The van der Waals surface area contributed by atoms with Crippen LogP contribution in [0.3, 0.4) is 0 Å². The summed E-state index contributed by atoms with van der Waals surface area (Å²) in [5.41, 5.74) is 2.43. The van der Waals surface area contributed by atoms with Crippen LogP contribution in [0.15, 0.2) is 42.6 Å². The number of carbonyl (C=O) groups excluding carboxylic acids is 1. The number of nitriles is 1. The molecule has 10 heteroatoms. The van der Waals surface area contributed by atoms with E-state index in [0.717, 1.165) is 36.9 Å². The Morgan fingerprint density at radius 2 is 1.90 bits per heavy atom. The van der Waals surface area contributed by atoms with Gasteiger partial charge >= 0.3 is 6.18 Å². The maximum Gasteiger partial charge on any atom is 0.406 e. The highest BCUT2D eigenvalue weighted by Crippen LogP contribution is 2.30. The van der Waals surface area contributed by atoms with Crippen LogP contribution in [0, 0.1) is 29.1 Å². The SMILES string of the molecule is CN(C)C(=O)CC1CCN(Cc2cccc3c2cc(C#CCNc2ccc(C(C)(C)C#N)nc2)n3CC(F)(F)F)CC1. The van der Waals surface area contributed by atoms with Crippen molar-refractivity contribution in [2.75, 3.05) is 39.0 Å². The van der Waals surface area contributed by atoms with Gasteiger partial charge in [0.05, 0.1) is 41.3 Å². The second-order valence-corrected chi connectivity index (χ2v) is 11.6. The van der Waals surface area contributed by atoms with E-state index in [2.05, 4.69) is 33.1 Å². The Bertz CT molecular complexity index is 1500. The third-order valence-electron chi connectivity index (χ3n) is 7.72. The van der Waals surface area contributed by atoms with Crippen molar-refractivity contribution in [3.63, 3.8) is 0 Å². The molecule has 3 aromatic rings. The van der Waals surface area contributed by atoms with Gasteiger partial charge in [0.25, 0.3) is 0 Å². The number of alkyl halides is 3. The van der Waals surface area contributed by atoms with E-state index in [0.29, 0.717) is 41.5 Å². The van der Waals surface area contributed by atoms with Gasteiger partial charge < -0.3 is 14.8 Å². The first-order valence-electron chi connectivity index (χ1n) is 14.1. The summed E-state index contributed by atoms with van der Waals surface area (Å²) in [7, 11) is 3.54. The van der Waals surface area contributed by atoms with E-state index in [1.54, 1.807) is 69.4 Å². The molecule has 1 N–H and O–H groups in total. The Morgan fingerprint density at radius 3 is 2.52 bits per heavy atom. The predicted molar refractivity (Wildman–Crippen MR) is 158 cm³/mol. The molecular formula is C32H37F3N6O. The minimum Gasteiger partial charge on any atom is -0.373 e. The maximum absolute atomic E-state index is 13.6. The average Bonchev–Trinajstić information content (AvgIpc) is 3.29. The molecule has 0 atom stereocenters. The van der Waals surface area contributed by atoms with Gasteiger partial charge in [-0.05, 0) is 81.4 Å². The predicted octanol–water partition coefficient (Wildman–Crippen LogP) is 5.55. The summed E-state index contributed by atoms with van der Waals surface area (Å²) in [5, 5.41) is 13.2. The van der Waals surface area contributed by atoms with Gasteiger partial charge in [0, 0.05) is 38.0 Å². The van der Waals surface area contributed by atoms with Crippen molar-refractivity contribution in [1.29, 1.82) is 5.26 Å². The van der Waals surface area contributed by atoms with Crippen LogP contribution in [-0.2, 0) is 23.3 Å². The Hall–Kier alpha value is -4.02. The summed E-state index contributed by atoms with van der Waals surface area (Å²) in [5.74, 6) is 6.39. The minimum atomic E-state index is -4.40. The van der Waals surface area contributed by atoms with Crippen LogP contribution in [0.5, 0.6) is 0 Å². The van der Waals surface area contributed by atoms with Gasteiger partial charge in [-0.3, -0.25) is 14.7 Å². The molecule has 1 fully saturated rings. The molecule has 1 aliphatic heterocycles. The quantitative estimate of drug-likeness (QED) is 0.355.